The molecule has 2 nitrogen and oxygen atoms in total. The van der Waals surface area contributed by atoms with Gasteiger partial charge in [-0.3, -0.25) is 0 Å². The lowest BCUT2D eigenvalue weighted by Gasteiger charge is -1.85. The highest BCUT2D eigenvalue weighted by atomic mass is 32.2. The summed E-state index contributed by atoms with van der Waals surface area (Å²) in [5.41, 5.74) is 0.427. The molecule has 0 aromatic heterocycles. The Kier molecular flexibility index (Phi) is 3.11. The zero-order valence-corrected chi connectivity index (χ0v) is 7.61. The Hall–Kier alpha value is 0.550. The molecule has 0 N–H and O–H groups in total. The van der Waals surface area contributed by atoms with Gasteiger partial charge >= 0.3 is 16.9 Å². The first kappa shape index (κ1) is 7.65. The Morgan fingerprint density at radius 1 is 1.11 bits per heavy atom. The van der Waals surface area contributed by atoms with Crippen LogP contribution in [0.5, 0.6) is 0 Å². The first-order chi connectivity index (χ1) is 4.38. The van der Waals surface area contributed by atoms with Crippen LogP contribution in [-0.2, 0) is 9.13 Å². The molecular weight excluding hydrogens is 174 g/mol. The molecule has 0 aromatic carbocycles. The maximum Gasteiger partial charge on any atom is 0.333 e. The summed E-state index contributed by atoms with van der Waals surface area (Å²) < 4.78 is 20.8. The van der Waals surface area contributed by atoms with E-state index in [2.05, 4.69) is 0 Å². The average Bonchev–Trinajstić information content (AvgIpc) is 2.33. The molecule has 0 aromatic rings. The molecule has 1 fully saturated rings. The van der Waals surface area contributed by atoms with E-state index in [9.17, 15) is 9.13 Å². The summed E-state index contributed by atoms with van der Waals surface area (Å²) >= 11 is 1.75. The van der Waals surface area contributed by atoms with Crippen LogP contribution in [0.25, 0.3) is 0 Å². The van der Waals surface area contributed by atoms with E-state index < -0.39 is 0 Å². The molecule has 0 amide bonds. The summed E-state index contributed by atoms with van der Waals surface area (Å²) in [5.74, 6) is 1.86. The maximum absolute atomic E-state index is 10.4. The summed E-state index contributed by atoms with van der Waals surface area (Å²) in [4.78, 5) is 0. The Balaban J connectivity index is 2.50. The van der Waals surface area contributed by atoms with E-state index in [1.807, 2.05) is 0 Å². The van der Waals surface area contributed by atoms with Crippen molar-refractivity contribution in [1.82, 2.24) is 0 Å². The van der Waals surface area contributed by atoms with Gasteiger partial charge in [-0.15, -0.1) is 0 Å². The molecule has 1 aliphatic rings. The zero-order chi connectivity index (χ0) is 6.69. The summed E-state index contributed by atoms with van der Waals surface area (Å²) in [6, 6.07) is 0. The van der Waals surface area contributed by atoms with Crippen LogP contribution in [-0.4, -0.2) is 22.8 Å². The van der Waals surface area contributed by atoms with Crippen molar-refractivity contribution in [3.63, 3.8) is 0 Å². The SMILES string of the molecule is O=[PH+]C1CSCC1[PH+]=O. The van der Waals surface area contributed by atoms with Gasteiger partial charge in [0.1, 0.15) is 0 Å². The predicted octanol–water partition coefficient (Wildman–Crippen LogP) is 1.52. The van der Waals surface area contributed by atoms with Crippen LogP contribution < -0.4 is 0 Å². The fraction of sp³-hybridized carbons (Fsp3) is 1.00. The van der Waals surface area contributed by atoms with Crippen molar-refractivity contribution < 1.29 is 9.13 Å². The molecule has 0 bridgehead atoms. The summed E-state index contributed by atoms with van der Waals surface area (Å²) in [6.45, 7) is 0. The third kappa shape index (κ3) is 1.73. The number of hydrogen-bond acceptors (Lipinski definition) is 3. The van der Waals surface area contributed by atoms with Gasteiger partial charge in [-0.2, -0.15) is 11.8 Å². The standard InChI is InChI=1S/C4H6O2P2S/c5-7-3-1-9-2-4(3)8-6/h3-4H,1-2H2/p+2. The van der Waals surface area contributed by atoms with Gasteiger partial charge in [0.15, 0.2) is 0 Å². The molecule has 0 radical (unpaired) electrons. The first-order valence-corrected chi connectivity index (χ1v) is 5.84. The molecule has 4 atom stereocenters. The number of rotatable bonds is 2. The molecule has 5 heteroatoms. The third-order valence-electron chi connectivity index (χ3n) is 1.38. The summed E-state index contributed by atoms with van der Waals surface area (Å²) in [7, 11) is -0.531. The minimum Gasteiger partial charge on any atom is -0.152 e. The van der Waals surface area contributed by atoms with E-state index in [-0.39, 0.29) is 28.2 Å². The van der Waals surface area contributed by atoms with Gasteiger partial charge < -0.3 is 0 Å². The van der Waals surface area contributed by atoms with Gasteiger partial charge in [0, 0.05) is 11.5 Å². The quantitative estimate of drug-likeness (QED) is 0.607. The molecule has 0 spiro atoms. The molecule has 50 valence electrons. The predicted molar refractivity (Wildman–Crippen MR) is 42.9 cm³/mol. The van der Waals surface area contributed by atoms with Gasteiger partial charge in [-0.25, -0.2) is 0 Å². The van der Waals surface area contributed by atoms with Crippen molar-refractivity contribution in [2.75, 3.05) is 11.5 Å². The van der Waals surface area contributed by atoms with Crippen molar-refractivity contribution in [3.8, 4) is 0 Å². The maximum atomic E-state index is 10.4. The molecule has 0 saturated carbocycles. The van der Waals surface area contributed by atoms with Crippen LogP contribution in [0.1, 0.15) is 0 Å². The molecular formula is C4H8O2P2S+2. The normalized spacial score (nSPS) is 36.0. The van der Waals surface area contributed by atoms with Gasteiger partial charge in [0.2, 0.25) is 11.3 Å². The van der Waals surface area contributed by atoms with Gasteiger partial charge in [0.25, 0.3) is 0 Å². The van der Waals surface area contributed by atoms with Gasteiger partial charge in [-0.05, 0) is 0 Å². The minimum absolute atomic E-state index is 0.214. The lowest BCUT2D eigenvalue weighted by Crippen LogP contribution is -2.10. The van der Waals surface area contributed by atoms with E-state index in [1.165, 1.54) is 0 Å². The number of thioether (sulfide) groups is 1. The van der Waals surface area contributed by atoms with Crippen LogP contribution in [0.15, 0.2) is 0 Å². The second-order valence-corrected chi connectivity index (χ2v) is 5.02. The monoisotopic (exact) mass is 182 g/mol. The topological polar surface area (TPSA) is 34.1 Å². The van der Waals surface area contributed by atoms with E-state index >= 15 is 0 Å². The highest BCUT2D eigenvalue weighted by Crippen LogP contribution is 2.33. The second-order valence-electron chi connectivity index (χ2n) is 1.99. The number of hydrogen-bond donors (Lipinski definition) is 0. The summed E-state index contributed by atoms with van der Waals surface area (Å²) in [5, 5.41) is 0. The molecule has 1 rings (SSSR count). The molecule has 4 unspecified atom stereocenters. The third-order valence-corrected chi connectivity index (χ3v) is 5.32. The van der Waals surface area contributed by atoms with Crippen molar-refractivity contribution in [3.05, 3.63) is 0 Å². The first-order valence-electron chi connectivity index (χ1n) is 2.71. The van der Waals surface area contributed by atoms with Crippen LogP contribution in [0.3, 0.4) is 0 Å². The van der Waals surface area contributed by atoms with Crippen molar-refractivity contribution in [1.29, 1.82) is 0 Å². The van der Waals surface area contributed by atoms with E-state index in [0.717, 1.165) is 11.5 Å². The van der Waals surface area contributed by atoms with Crippen molar-refractivity contribution >= 4 is 28.7 Å². The Labute approximate surface area is 61.2 Å². The fourth-order valence-electron chi connectivity index (χ4n) is 0.787. The van der Waals surface area contributed by atoms with E-state index in [1.54, 1.807) is 11.8 Å². The smallest absolute Gasteiger partial charge is 0.152 e. The van der Waals surface area contributed by atoms with Crippen LogP contribution >= 0.6 is 28.7 Å². The van der Waals surface area contributed by atoms with Gasteiger partial charge in [-0.1, -0.05) is 9.13 Å². The van der Waals surface area contributed by atoms with E-state index in [0.29, 0.717) is 0 Å². The highest BCUT2D eigenvalue weighted by Gasteiger charge is 2.39. The largest absolute Gasteiger partial charge is 0.333 e. The average molecular weight is 182 g/mol. The van der Waals surface area contributed by atoms with Crippen LogP contribution in [0.2, 0.25) is 0 Å². The van der Waals surface area contributed by atoms with Crippen molar-refractivity contribution in [2.45, 2.75) is 11.3 Å². The Bertz CT molecular complexity index is 116. The second kappa shape index (κ2) is 3.65. The molecule has 9 heavy (non-hydrogen) atoms. The minimum atomic E-state index is -0.265. The summed E-state index contributed by atoms with van der Waals surface area (Å²) in [6.07, 6.45) is 0. The Morgan fingerprint density at radius 2 is 1.56 bits per heavy atom. The highest BCUT2D eigenvalue weighted by molar-refractivity contribution is 8.00. The fourth-order valence-corrected chi connectivity index (χ4v) is 4.46. The van der Waals surface area contributed by atoms with Crippen molar-refractivity contribution in [2.24, 2.45) is 0 Å². The Morgan fingerprint density at radius 3 is 1.89 bits per heavy atom. The molecule has 1 heterocycles. The zero-order valence-electron chi connectivity index (χ0n) is 4.79. The molecule has 1 saturated heterocycles. The lowest BCUT2D eigenvalue weighted by atomic mass is 10.4. The molecule has 0 aliphatic carbocycles. The van der Waals surface area contributed by atoms with Crippen LogP contribution in [0.4, 0.5) is 0 Å². The molecule has 1 aliphatic heterocycles. The van der Waals surface area contributed by atoms with Gasteiger partial charge in [0.05, 0.1) is 0 Å². The van der Waals surface area contributed by atoms with E-state index in [4.69, 9.17) is 0 Å². The lowest BCUT2D eigenvalue weighted by molar-refractivity contribution is 0.583. The van der Waals surface area contributed by atoms with Crippen LogP contribution in [0, 0.1) is 0 Å².